The molecule has 0 aromatic heterocycles. The lowest BCUT2D eigenvalue weighted by Gasteiger charge is -2.36. The van der Waals surface area contributed by atoms with E-state index >= 15 is 0 Å². The van der Waals surface area contributed by atoms with Crippen molar-refractivity contribution in [2.75, 3.05) is 45.8 Å². The van der Waals surface area contributed by atoms with Gasteiger partial charge in [-0.15, -0.1) is 0 Å². The first-order valence-corrected chi connectivity index (χ1v) is 9.99. The van der Waals surface area contributed by atoms with Crippen molar-refractivity contribution < 1.29 is 9.59 Å². The van der Waals surface area contributed by atoms with Gasteiger partial charge in [0.05, 0.1) is 6.54 Å². The number of rotatable bonds is 3. The molecule has 0 spiro atoms. The number of carbonyl (C=O) groups excluding carboxylic acids is 2. The largest absolute Gasteiger partial charge is 0.342 e. The van der Waals surface area contributed by atoms with E-state index < -0.39 is 0 Å². The summed E-state index contributed by atoms with van der Waals surface area (Å²) in [5.74, 6) is 0.326. The molecule has 0 atom stereocenters. The maximum atomic E-state index is 12.9. The second-order valence-electron chi connectivity index (χ2n) is 7.57. The second-order valence-corrected chi connectivity index (χ2v) is 7.57. The summed E-state index contributed by atoms with van der Waals surface area (Å²) in [5.41, 5.74) is 0.742. The van der Waals surface area contributed by atoms with Crippen LogP contribution in [0, 0.1) is 0 Å². The molecule has 0 aliphatic carbocycles. The highest BCUT2D eigenvalue weighted by molar-refractivity contribution is 5.98. The van der Waals surface area contributed by atoms with Gasteiger partial charge < -0.3 is 9.80 Å². The molecule has 142 valence electrons. The first-order chi connectivity index (χ1) is 13.2. The van der Waals surface area contributed by atoms with Crippen LogP contribution in [0.4, 0.5) is 0 Å². The number of hydrogen-bond donors (Lipinski definition) is 0. The molecule has 5 nitrogen and oxygen atoms in total. The van der Waals surface area contributed by atoms with Crippen molar-refractivity contribution >= 4 is 22.6 Å². The van der Waals surface area contributed by atoms with Crippen LogP contribution in [0.25, 0.3) is 10.8 Å². The van der Waals surface area contributed by atoms with Crippen LogP contribution in [0.15, 0.2) is 42.5 Å². The lowest BCUT2D eigenvalue weighted by molar-refractivity contribution is -0.133. The number of piperidine rings is 1. The maximum Gasteiger partial charge on any atom is 0.253 e. The Balaban J connectivity index is 1.32. The first-order valence-electron chi connectivity index (χ1n) is 9.99. The van der Waals surface area contributed by atoms with Gasteiger partial charge >= 0.3 is 0 Å². The standard InChI is InChI=1S/C22H27N3O2/c26-21(24-10-4-1-5-11-24)17-23-12-14-25(15-13-23)22(27)20-9-8-18-6-2-3-7-19(18)16-20/h2-3,6-9,16H,1,4-5,10-15,17H2. The van der Waals surface area contributed by atoms with Gasteiger partial charge in [0, 0.05) is 44.8 Å². The number of amides is 2. The van der Waals surface area contributed by atoms with Gasteiger partial charge in [-0.25, -0.2) is 0 Å². The third-order valence-corrected chi connectivity index (χ3v) is 5.72. The van der Waals surface area contributed by atoms with Crippen molar-refractivity contribution in [3.8, 4) is 0 Å². The lowest BCUT2D eigenvalue weighted by atomic mass is 10.1. The Labute approximate surface area is 160 Å². The third-order valence-electron chi connectivity index (χ3n) is 5.72. The smallest absolute Gasteiger partial charge is 0.253 e. The van der Waals surface area contributed by atoms with Gasteiger partial charge in [-0.2, -0.15) is 0 Å². The number of benzene rings is 2. The van der Waals surface area contributed by atoms with Gasteiger partial charge in [0.1, 0.15) is 0 Å². The van der Waals surface area contributed by atoms with Crippen LogP contribution in [0.1, 0.15) is 29.6 Å². The van der Waals surface area contributed by atoms with Crippen molar-refractivity contribution in [3.63, 3.8) is 0 Å². The first kappa shape index (κ1) is 18.0. The summed E-state index contributed by atoms with van der Waals surface area (Å²) in [7, 11) is 0. The number of likely N-dealkylation sites (tertiary alicyclic amines) is 1. The fourth-order valence-corrected chi connectivity index (χ4v) is 4.05. The zero-order chi connectivity index (χ0) is 18.6. The SMILES string of the molecule is O=C(CN1CCN(C(=O)c2ccc3ccccc3c2)CC1)N1CCCCC1. The monoisotopic (exact) mass is 365 g/mol. The highest BCUT2D eigenvalue weighted by Crippen LogP contribution is 2.18. The average Bonchev–Trinajstić information content (AvgIpc) is 2.74. The Morgan fingerprint density at radius 3 is 2.19 bits per heavy atom. The highest BCUT2D eigenvalue weighted by Gasteiger charge is 2.25. The third kappa shape index (κ3) is 4.14. The molecular formula is C22H27N3O2. The second kappa shape index (κ2) is 8.09. The summed E-state index contributed by atoms with van der Waals surface area (Å²) in [6.45, 7) is 5.17. The number of hydrogen-bond acceptors (Lipinski definition) is 3. The van der Waals surface area contributed by atoms with Gasteiger partial charge in [0.15, 0.2) is 0 Å². The summed E-state index contributed by atoms with van der Waals surface area (Å²) in [5, 5.41) is 2.24. The van der Waals surface area contributed by atoms with E-state index in [0.717, 1.165) is 55.4 Å². The van der Waals surface area contributed by atoms with Crippen molar-refractivity contribution in [1.29, 1.82) is 0 Å². The van der Waals surface area contributed by atoms with E-state index in [1.165, 1.54) is 6.42 Å². The van der Waals surface area contributed by atoms with Gasteiger partial charge in [-0.05, 0) is 42.2 Å². The Kier molecular flexibility index (Phi) is 5.39. The number of fused-ring (bicyclic) bond motifs is 1. The van der Waals surface area contributed by atoms with E-state index in [1.54, 1.807) is 0 Å². The molecule has 0 bridgehead atoms. The quantitative estimate of drug-likeness (QED) is 0.840. The zero-order valence-electron chi connectivity index (χ0n) is 15.8. The van der Waals surface area contributed by atoms with Gasteiger partial charge in [-0.3, -0.25) is 14.5 Å². The molecular weight excluding hydrogens is 338 g/mol. The fraction of sp³-hybridized carbons (Fsp3) is 0.455. The van der Waals surface area contributed by atoms with Crippen molar-refractivity contribution in [1.82, 2.24) is 14.7 Å². The predicted molar refractivity (Wildman–Crippen MR) is 107 cm³/mol. The molecule has 27 heavy (non-hydrogen) atoms. The van der Waals surface area contributed by atoms with Gasteiger partial charge in [0.2, 0.25) is 5.91 Å². The Bertz CT molecular complexity index is 821. The Morgan fingerprint density at radius 1 is 0.741 bits per heavy atom. The summed E-state index contributed by atoms with van der Waals surface area (Å²) in [6, 6.07) is 14.0. The number of nitrogens with zero attached hydrogens (tertiary/aromatic N) is 3. The Morgan fingerprint density at radius 2 is 1.44 bits per heavy atom. The molecule has 2 amide bonds. The van der Waals surface area contributed by atoms with Crippen molar-refractivity contribution in [2.45, 2.75) is 19.3 Å². The minimum Gasteiger partial charge on any atom is -0.342 e. The van der Waals surface area contributed by atoms with E-state index in [4.69, 9.17) is 0 Å². The fourth-order valence-electron chi connectivity index (χ4n) is 4.05. The molecule has 2 aromatic carbocycles. The minimum atomic E-state index is 0.0859. The number of carbonyl (C=O) groups is 2. The molecule has 0 saturated carbocycles. The molecule has 2 aromatic rings. The molecule has 2 saturated heterocycles. The van der Waals surface area contributed by atoms with E-state index in [0.29, 0.717) is 19.6 Å². The van der Waals surface area contributed by atoms with Gasteiger partial charge in [-0.1, -0.05) is 30.3 Å². The molecule has 0 unspecified atom stereocenters. The van der Waals surface area contributed by atoms with Crippen LogP contribution >= 0.6 is 0 Å². The average molecular weight is 365 g/mol. The summed E-state index contributed by atoms with van der Waals surface area (Å²) in [4.78, 5) is 31.4. The summed E-state index contributed by atoms with van der Waals surface area (Å²) < 4.78 is 0. The van der Waals surface area contributed by atoms with E-state index in [9.17, 15) is 9.59 Å². The molecule has 0 radical (unpaired) electrons. The summed E-state index contributed by atoms with van der Waals surface area (Å²) in [6.07, 6.45) is 3.49. The van der Waals surface area contributed by atoms with Gasteiger partial charge in [0.25, 0.3) is 5.91 Å². The molecule has 5 heteroatoms. The van der Waals surface area contributed by atoms with Crippen LogP contribution in [0.2, 0.25) is 0 Å². The number of piperazine rings is 1. The molecule has 2 aliphatic rings. The van der Waals surface area contributed by atoms with E-state index in [1.807, 2.05) is 46.2 Å². The van der Waals surface area contributed by atoms with Crippen LogP contribution in [-0.4, -0.2) is 72.3 Å². The molecule has 4 rings (SSSR count). The maximum absolute atomic E-state index is 12.9. The minimum absolute atomic E-state index is 0.0859. The van der Waals surface area contributed by atoms with Crippen LogP contribution in [0.5, 0.6) is 0 Å². The zero-order valence-corrected chi connectivity index (χ0v) is 15.8. The molecule has 2 heterocycles. The van der Waals surface area contributed by atoms with E-state index in [2.05, 4.69) is 11.0 Å². The van der Waals surface area contributed by atoms with E-state index in [-0.39, 0.29) is 11.8 Å². The molecule has 2 fully saturated rings. The van der Waals surface area contributed by atoms with Crippen molar-refractivity contribution in [3.05, 3.63) is 48.0 Å². The highest BCUT2D eigenvalue weighted by atomic mass is 16.2. The van der Waals surface area contributed by atoms with Crippen LogP contribution in [0.3, 0.4) is 0 Å². The molecule has 2 aliphatic heterocycles. The van der Waals surface area contributed by atoms with Crippen molar-refractivity contribution in [2.24, 2.45) is 0 Å². The van der Waals surface area contributed by atoms with Crippen LogP contribution < -0.4 is 0 Å². The lowest BCUT2D eigenvalue weighted by Crippen LogP contribution is -2.52. The summed E-state index contributed by atoms with van der Waals surface area (Å²) >= 11 is 0. The predicted octanol–water partition coefficient (Wildman–Crippen LogP) is 2.61. The normalized spacial score (nSPS) is 18.7. The topological polar surface area (TPSA) is 43.9 Å². The van der Waals surface area contributed by atoms with Crippen LogP contribution in [-0.2, 0) is 4.79 Å². The Hall–Kier alpha value is -2.40. The molecule has 0 N–H and O–H groups in total.